The van der Waals surface area contributed by atoms with E-state index < -0.39 is 11.8 Å². The standard InChI is InChI=1S/C28H19Cl2N3O3S/c1-2-6-18-13-17(11-12-24(18)36-16-20-8-4-3-7-19(20)15-31)14-21-26(34)32-28(37)33(27(21)35)23-10-5-9-22(29)25(23)30/h2-5,7-14H,1,6,16H2,(H,32,34,37)/b21-14+. The molecule has 0 unspecified atom stereocenters. The number of halogens is 2. The Balaban J connectivity index is 1.65. The Morgan fingerprint density at radius 2 is 1.86 bits per heavy atom. The van der Waals surface area contributed by atoms with Crippen LogP contribution in [0.25, 0.3) is 6.08 Å². The van der Waals surface area contributed by atoms with Crippen LogP contribution in [0.3, 0.4) is 0 Å². The zero-order valence-corrected chi connectivity index (χ0v) is 21.7. The molecule has 2 amide bonds. The monoisotopic (exact) mass is 547 g/mol. The number of thiocarbonyl (C=S) groups is 1. The number of rotatable bonds is 7. The molecule has 4 rings (SSSR count). The van der Waals surface area contributed by atoms with Gasteiger partial charge in [0.15, 0.2) is 5.11 Å². The Morgan fingerprint density at radius 1 is 1.08 bits per heavy atom. The summed E-state index contributed by atoms with van der Waals surface area (Å²) in [7, 11) is 0. The van der Waals surface area contributed by atoms with E-state index in [0.29, 0.717) is 23.3 Å². The molecule has 1 N–H and O–H groups in total. The smallest absolute Gasteiger partial charge is 0.270 e. The zero-order chi connectivity index (χ0) is 26.5. The molecule has 0 aliphatic carbocycles. The molecule has 3 aromatic rings. The van der Waals surface area contributed by atoms with Crippen molar-refractivity contribution in [2.45, 2.75) is 13.0 Å². The molecule has 1 saturated heterocycles. The molecule has 184 valence electrons. The van der Waals surface area contributed by atoms with E-state index in [-0.39, 0.29) is 33.0 Å². The molecule has 37 heavy (non-hydrogen) atoms. The van der Waals surface area contributed by atoms with E-state index in [0.717, 1.165) is 16.0 Å². The van der Waals surface area contributed by atoms with Crippen molar-refractivity contribution in [1.29, 1.82) is 5.26 Å². The van der Waals surface area contributed by atoms with Crippen LogP contribution in [-0.4, -0.2) is 16.9 Å². The maximum Gasteiger partial charge on any atom is 0.270 e. The lowest BCUT2D eigenvalue weighted by Gasteiger charge is -2.29. The summed E-state index contributed by atoms with van der Waals surface area (Å²) in [4.78, 5) is 27.2. The van der Waals surface area contributed by atoms with E-state index in [4.69, 9.17) is 40.2 Å². The summed E-state index contributed by atoms with van der Waals surface area (Å²) in [6, 6.07) is 19.5. The number of ether oxygens (including phenoxy) is 1. The molecule has 0 aromatic heterocycles. The number of carbonyl (C=O) groups is 2. The largest absolute Gasteiger partial charge is 0.489 e. The Bertz CT molecular complexity index is 1510. The Morgan fingerprint density at radius 3 is 2.62 bits per heavy atom. The second-order valence-electron chi connectivity index (χ2n) is 7.95. The van der Waals surface area contributed by atoms with Gasteiger partial charge in [0, 0.05) is 5.56 Å². The molecule has 1 fully saturated rings. The van der Waals surface area contributed by atoms with Gasteiger partial charge in [-0.15, -0.1) is 6.58 Å². The van der Waals surface area contributed by atoms with Crippen LogP contribution in [0, 0.1) is 11.3 Å². The number of nitrogens with one attached hydrogen (secondary N) is 1. The van der Waals surface area contributed by atoms with Crippen LogP contribution in [-0.2, 0) is 22.6 Å². The minimum Gasteiger partial charge on any atom is -0.489 e. The molecule has 0 radical (unpaired) electrons. The summed E-state index contributed by atoms with van der Waals surface area (Å²) in [5.74, 6) is -0.650. The van der Waals surface area contributed by atoms with Gasteiger partial charge in [-0.1, -0.05) is 59.6 Å². The second kappa shape index (κ2) is 11.4. The molecule has 0 saturated carbocycles. The minimum absolute atomic E-state index is 0.0925. The number of anilines is 1. The molecule has 0 atom stereocenters. The molecular formula is C28H19Cl2N3O3S. The van der Waals surface area contributed by atoms with Gasteiger partial charge in [-0.2, -0.15) is 5.26 Å². The predicted molar refractivity (Wildman–Crippen MR) is 148 cm³/mol. The number of hydrogen-bond acceptors (Lipinski definition) is 5. The highest BCUT2D eigenvalue weighted by Gasteiger charge is 2.35. The molecule has 6 nitrogen and oxygen atoms in total. The van der Waals surface area contributed by atoms with Crippen LogP contribution < -0.4 is 15.0 Å². The molecule has 0 bridgehead atoms. The number of carbonyl (C=O) groups excluding carboxylic acids is 2. The first-order chi connectivity index (χ1) is 17.8. The highest BCUT2D eigenvalue weighted by atomic mass is 35.5. The van der Waals surface area contributed by atoms with Crippen molar-refractivity contribution >= 4 is 64.1 Å². The van der Waals surface area contributed by atoms with Gasteiger partial charge in [-0.3, -0.25) is 19.8 Å². The van der Waals surface area contributed by atoms with Crippen LogP contribution in [0.1, 0.15) is 22.3 Å². The molecule has 9 heteroatoms. The molecule has 1 aliphatic heterocycles. The Hall–Kier alpha value is -3.96. The van der Waals surface area contributed by atoms with Crippen LogP contribution in [0.2, 0.25) is 10.0 Å². The lowest BCUT2D eigenvalue weighted by Crippen LogP contribution is -2.54. The fourth-order valence-electron chi connectivity index (χ4n) is 3.76. The average molecular weight is 548 g/mol. The fraction of sp³-hybridized carbons (Fsp3) is 0.0714. The van der Waals surface area contributed by atoms with Gasteiger partial charge in [-0.05, 0) is 66.2 Å². The van der Waals surface area contributed by atoms with Crippen molar-refractivity contribution < 1.29 is 14.3 Å². The van der Waals surface area contributed by atoms with E-state index in [2.05, 4.69) is 18.0 Å². The number of amides is 2. The molecular weight excluding hydrogens is 529 g/mol. The first-order valence-corrected chi connectivity index (χ1v) is 12.2. The normalized spacial score (nSPS) is 14.4. The van der Waals surface area contributed by atoms with Crippen molar-refractivity contribution in [3.63, 3.8) is 0 Å². The second-order valence-corrected chi connectivity index (χ2v) is 9.12. The van der Waals surface area contributed by atoms with Gasteiger partial charge in [0.05, 0.1) is 27.4 Å². The topological polar surface area (TPSA) is 82.4 Å². The molecule has 0 spiro atoms. The SMILES string of the molecule is C=CCc1cc(/C=C2\C(=O)NC(=S)N(c3cccc(Cl)c3Cl)C2=O)ccc1OCc1ccccc1C#N. The third-order valence-corrected chi connectivity index (χ3v) is 6.65. The predicted octanol–water partition coefficient (Wildman–Crippen LogP) is 6.00. The van der Waals surface area contributed by atoms with Crippen LogP contribution in [0.4, 0.5) is 5.69 Å². The maximum absolute atomic E-state index is 13.4. The van der Waals surface area contributed by atoms with E-state index in [1.54, 1.807) is 48.5 Å². The third-order valence-electron chi connectivity index (χ3n) is 5.55. The van der Waals surface area contributed by atoms with Gasteiger partial charge in [0.25, 0.3) is 11.8 Å². The first kappa shape index (κ1) is 26.1. The summed E-state index contributed by atoms with van der Waals surface area (Å²) in [6.07, 6.45) is 3.69. The summed E-state index contributed by atoms with van der Waals surface area (Å²) < 4.78 is 6.00. The first-order valence-electron chi connectivity index (χ1n) is 11.0. The zero-order valence-electron chi connectivity index (χ0n) is 19.3. The maximum atomic E-state index is 13.4. The quantitative estimate of drug-likeness (QED) is 0.169. The molecule has 3 aromatic carbocycles. The van der Waals surface area contributed by atoms with Gasteiger partial charge in [-0.25, -0.2) is 0 Å². The lowest BCUT2D eigenvalue weighted by molar-refractivity contribution is -0.122. The number of allylic oxidation sites excluding steroid dienone is 1. The minimum atomic E-state index is -0.628. The van der Waals surface area contributed by atoms with Crippen molar-refractivity contribution in [2.75, 3.05) is 4.90 Å². The Labute approximate surface area is 229 Å². The van der Waals surface area contributed by atoms with Crippen molar-refractivity contribution in [2.24, 2.45) is 0 Å². The number of benzene rings is 3. The van der Waals surface area contributed by atoms with Crippen molar-refractivity contribution in [3.8, 4) is 11.8 Å². The van der Waals surface area contributed by atoms with Gasteiger partial charge >= 0.3 is 0 Å². The van der Waals surface area contributed by atoms with E-state index in [9.17, 15) is 14.9 Å². The van der Waals surface area contributed by atoms with Gasteiger partial charge in [0.2, 0.25) is 0 Å². The third kappa shape index (κ3) is 5.57. The van der Waals surface area contributed by atoms with Crippen LogP contribution in [0.15, 0.2) is 78.9 Å². The summed E-state index contributed by atoms with van der Waals surface area (Å²) in [6.45, 7) is 4.01. The Kier molecular flexibility index (Phi) is 8.04. The van der Waals surface area contributed by atoms with Crippen molar-refractivity contribution in [1.82, 2.24) is 5.32 Å². The molecule has 1 heterocycles. The number of hydrogen-bond donors (Lipinski definition) is 1. The lowest BCUT2D eigenvalue weighted by atomic mass is 10.0. The van der Waals surface area contributed by atoms with E-state index >= 15 is 0 Å². The average Bonchev–Trinajstić information content (AvgIpc) is 2.88. The number of nitriles is 1. The van der Waals surface area contributed by atoms with Gasteiger partial charge in [0.1, 0.15) is 17.9 Å². The van der Waals surface area contributed by atoms with E-state index in [1.165, 1.54) is 6.08 Å². The van der Waals surface area contributed by atoms with Gasteiger partial charge < -0.3 is 4.74 Å². The summed E-state index contributed by atoms with van der Waals surface area (Å²) in [5.41, 5.74) is 2.85. The molecule has 1 aliphatic rings. The number of nitrogens with zero attached hydrogens (tertiary/aromatic N) is 2. The van der Waals surface area contributed by atoms with E-state index in [1.807, 2.05) is 18.2 Å². The van der Waals surface area contributed by atoms with Crippen molar-refractivity contribution in [3.05, 3.63) is 111 Å². The van der Waals surface area contributed by atoms with Crippen LogP contribution in [0.5, 0.6) is 5.75 Å². The summed E-state index contributed by atoms with van der Waals surface area (Å²) in [5, 5.41) is 12.1. The fourth-order valence-corrected chi connectivity index (χ4v) is 4.42. The van der Waals surface area contributed by atoms with Crippen LogP contribution >= 0.6 is 35.4 Å². The highest BCUT2D eigenvalue weighted by Crippen LogP contribution is 2.34. The summed E-state index contributed by atoms with van der Waals surface area (Å²) >= 11 is 17.7. The highest BCUT2D eigenvalue weighted by molar-refractivity contribution is 7.80.